The van der Waals surface area contributed by atoms with Crippen LogP contribution >= 0.6 is 0 Å². The monoisotopic (exact) mass is 277 g/mol. The van der Waals surface area contributed by atoms with Gasteiger partial charge in [0.2, 0.25) is 0 Å². The van der Waals surface area contributed by atoms with Crippen molar-refractivity contribution in [1.29, 1.82) is 0 Å². The second kappa shape index (κ2) is 7.41. The van der Waals surface area contributed by atoms with Gasteiger partial charge < -0.3 is 14.4 Å². The number of nitrogens with zero attached hydrogens (tertiary/aromatic N) is 1. The van der Waals surface area contributed by atoms with Crippen LogP contribution in [0.4, 0.5) is 0 Å². The number of esters is 1. The second-order valence-electron chi connectivity index (χ2n) is 5.36. The molecule has 2 rings (SSSR count). The number of rotatable bonds is 6. The van der Waals surface area contributed by atoms with Gasteiger partial charge in [-0.2, -0.15) is 0 Å². The van der Waals surface area contributed by atoms with Gasteiger partial charge in [0.1, 0.15) is 0 Å². The highest BCUT2D eigenvalue weighted by Crippen LogP contribution is 2.23. The molecule has 4 nitrogen and oxygen atoms in total. The van der Waals surface area contributed by atoms with Crippen LogP contribution in [-0.2, 0) is 14.3 Å². The molecule has 0 bridgehead atoms. The van der Waals surface area contributed by atoms with Crippen LogP contribution < -0.4 is 0 Å². The van der Waals surface area contributed by atoms with Gasteiger partial charge in [-0.25, -0.2) is 0 Å². The Kier molecular flexibility index (Phi) is 5.56. The molecule has 1 aliphatic heterocycles. The molecule has 0 radical (unpaired) electrons. The van der Waals surface area contributed by atoms with E-state index in [1.165, 1.54) is 7.11 Å². The zero-order chi connectivity index (χ0) is 14.4. The van der Waals surface area contributed by atoms with E-state index in [4.69, 9.17) is 9.47 Å². The summed E-state index contributed by atoms with van der Waals surface area (Å²) in [6, 6.07) is 9.86. The fourth-order valence-electron chi connectivity index (χ4n) is 2.85. The number of ether oxygens (including phenoxy) is 2. The van der Waals surface area contributed by atoms with Crippen LogP contribution in [0.1, 0.15) is 17.9 Å². The summed E-state index contributed by atoms with van der Waals surface area (Å²) < 4.78 is 10.2. The summed E-state index contributed by atoms with van der Waals surface area (Å²) >= 11 is 0. The molecule has 0 aliphatic carbocycles. The number of methoxy groups -OCH3 is 2. The molecule has 110 valence electrons. The molecule has 0 amide bonds. The standard InChI is InChI=1S/C16H23NO3/c1-19-12-13-8-9-17(10-13)11-15(16(18)20-2)14-6-4-3-5-7-14/h3-7,13,15H,8-12H2,1-2H3. The SMILES string of the molecule is COCC1CCN(CC(C(=O)OC)c2ccccc2)C1. The third-order valence-corrected chi connectivity index (χ3v) is 3.90. The van der Waals surface area contributed by atoms with Crippen molar-refractivity contribution in [2.24, 2.45) is 5.92 Å². The Hall–Kier alpha value is -1.39. The van der Waals surface area contributed by atoms with E-state index in [2.05, 4.69) is 4.90 Å². The van der Waals surface area contributed by atoms with Gasteiger partial charge in [0.05, 0.1) is 19.6 Å². The van der Waals surface area contributed by atoms with Crippen LogP contribution in [0.5, 0.6) is 0 Å². The van der Waals surface area contributed by atoms with Gasteiger partial charge in [-0.1, -0.05) is 30.3 Å². The Morgan fingerprint density at radius 1 is 1.35 bits per heavy atom. The van der Waals surface area contributed by atoms with Gasteiger partial charge >= 0.3 is 5.97 Å². The number of carbonyl (C=O) groups is 1. The summed E-state index contributed by atoms with van der Waals surface area (Å²) in [6.07, 6.45) is 1.14. The van der Waals surface area contributed by atoms with Crippen LogP contribution in [0.15, 0.2) is 30.3 Å². The zero-order valence-corrected chi connectivity index (χ0v) is 12.2. The normalized spacial score (nSPS) is 20.8. The third-order valence-electron chi connectivity index (χ3n) is 3.90. The summed E-state index contributed by atoms with van der Waals surface area (Å²) in [7, 11) is 3.19. The lowest BCUT2D eigenvalue weighted by molar-refractivity contribution is -0.142. The van der Waals surface area contributed by atoms with Crippen molar-refractivity contribution in [2.75, 3.05) is 40.5 Å². The van der Waals surface area contributed by atoms with Crippen molar-refractivity contribution in [3.8, 4) is 0 Å². The summed E-state index contributed by atoms with van der Waals surface area (Å²) in [6.45, 7) is 3.53. The molecule has 1 fully saturated rings. The van der Waals surface area contributed by atoms with Crippen molar-refractivity contribution >= 4 is 5.97 Å². The summed E-state index contributed by atoms with van der Waals surface area (Å²) in [5.74, 6) is 0.211. The van der Waals surface area contributed by atoms with E-state index < -0.39 is 0 Å². The van der Waals surface area contributed by atoms with Crippen LogP contribution in [0.2, 0.25) is 0 Å². The lowest BCUT2D eigenvalue weighted by Crippen LogP contribution is -2.31. The number of carbonyl (C=O) groups excluding carboxylic acids is 1. The van der Waals surface area contributed by atoms with Gasteiger partial charge in [-0.3, -0.25) is 4.79 Å². The maximum absolute atomic E-state index is 12.0. The average Bonchev–Trinajstić information content (AvgIpc) is 2.93. The van der Waals surface area contributed by atoms with Crippen LogP contribution in [0.3, 0.4) is 0 Å². The van der Waals surface area contributed by atoms with E-state index in [0.717, 1.165) is 38.2 Å². The van der Waals surface area contributed by atoms with Crippen LogP contribution in [-0.4, -0.2) is 51.3 Å². The largest absolute Gasteiger partial charge is 0.469 e. The highest BCUT2D eigenvalue weighted by atomic mass is 16.5. The number of hydrogen-bond acceptors (Lipinski definition) is 4. The van der Waals surface area contributed by atoms with Gasteiger partial charge in [0, 0.05) is 20.2 Å². The number of hydrogen-bond donors (Lipinski definition) is 0. The van der Waals surface area contributed by atoms with Crippen molar-refractivity contribution in [3.05, 3.63) is 35.9 Å². The lowest BCUT2D eigenvalue weighted by atomic mass is 9.99. The van der Waals surface area contributed by atoms with Gasteiger partial charge in [0.25, 0.3) is 0 Å². The Morgan fingerprint density at radius 3 is 2.75 bits per heavy atom. The molecule has 1 aliphatic rings. The number of benzene rings is 1. The highest BCUT2D eigenvalue weighted by molar-refractivity contribution is 5.78. The first-order valence-corrected chi connectivity index (χ1v) is 7.08. The first-order chi connectivity index (χ1) is 9.74. The molecule has 1 heterocycles. The molecule has 4 heteroatoms. The maximum atomic E-state index is 12.0. The Morgan fingerprint density at radius 2 is 2.10 bits per heavy atom. The average molecular weight is 277 g/mol. The molecular formula is C16H23NO3. The third kappa shape index (κ3) is 3.81. The quantitative estimate of drug-likeness (QED) is 0.745. The summed E-state index contributed by atoms with van der Waals surface area (Å²) in [5.41, 5.74) is 1.02. The molecule has 1 aromatic rings. The Balaban J connectivity index is 2.01. The molecule has 2 atom stereocenters. The molecule has 1 aromatic carbocycles. The van der Waals surface area contributed by atoms with Crippen molar-refractivity contribution in [2.45, 2.75) is 12.3 Å². The fourth-order valence-corrected chi connectivity index (χ4v) is 2.85. The van der Waals surface area contributed by atoms with Crippen LogP contribution in [0.25, 0.3) is 0 Å². The number of likely N-dealkylation sites (tertiary alicyclic amines) is 1. The lowest BCUT2D eigenvalue weighted by Gasteiger charge is -2.22. The Bertz CT molecular complexity index is 421. The summed E-state index contributed by atoms with van der Waals surface area (Å²) in [5, 5.41) is 0. The smallest absolute Gasteiger partial charge is 0.314 e. The van der Waals surface area contributed by atoms with E-state index in [1.807, 2.05) is 30.3 Å². The van der Waals surface area contributed by atoms with Gasteiger partial charge in [0.15, 0.2) is 0 Å². The van der Waals surface area contributed by atoms with E-state index in [-0.39, 0.29) is 11.9 Å². The summed E-state index contributed by atoms with van der Waals surface area (Å²) in [4.78, 5) is 14.4. The first kappa shape index (κ1) is 15.0. The van der Waals surface area contributed by atoms with Crippen LogP contribution in [0, 0.1) is 5.92 Å². The van der Waals surface area contributed by atoms with E-state index in [0.29, 0.717) is 5.92 Å². The molecule has 0 saturated carbocycles. The molecule has 0 N–H and O–H groups in total. The first-order valence-electron chi connectivity index (χ1n) is 7.08. The molecular weight excluding hydrogens is 254 g/mol. The second-order valence-corrected chi connectivity index (χ2v) is 5.36. The minimum atomic E-state index is -0.206. The van der Waals surface area contributed by atoms with Crippen molar-refractivity contribution in [1.82, 2.24) is 4.90 Å². The minimum Gasteiger partial charge on any atom is -0.469 e. The maximum Gasteiger partial charge on any atom is 0.314 e. The predicted octanol–water partition coefficient (Wildman–Crippen LogP) is 1.91. The topological polar surface area (TPSA) is 38.8 Å². The molecule has 1 saturated heterocycles. The molecule has 2 unspecified atom stereocenters. The van der Waals surface area contributed by atoms with E-state index in [9.17, 15) is 4.79 Å². The van der Waals surface area contributed by atoms with Gasteiger partial charge in [-0.05, 0) is 24.4 Å². The predicted molar refractivity (Wildman–Crippen MR) is 77.6 cm³/mol. The van der Waals surface area contributed by atoms with Crippen molar-refractivity contribution < 1.29 is 14.3 Å². The highest BCUT2D eigenvalue weighted by Gasteiger charge is 2.29. The van der Waals surface area contributed by atoms with E-state index in [1.54, 1.807) is 7.11 Å². The fraction of sp³-hybridized carbons (Fsp3) is 0.562. The molecule has 0 spiro atoms. The zero-order valence-electron chi connectivity index (χ0n) is 12.2. The van der Waals surface area contributed by atoms with Crippen molar-refractivity contribution in [3.63, 3.8) is 0 Å². The Labute approximate surface area is 120 Å². The van der Waals surface area contributed by atoms with E-state index >= 15 is 0 Å². The minimum absolute atomic E-state index is 0.161. The molecule has 20 heavy (non-hydrogen) atoms. The molecule has 0 aromatic heterocycles. The van der Waals surface area contributed by atoms with Gasteiger partial charge in [-0.15, -0.1) is 0 Å².